The van der Waals surface area contributed by atoms with Crippen LogP contribution in [0.2, 0.25) is 0 Å². The molecule has 0 saturated carbocycles. The molecule has 0 radical (unpaired) electrons. The van der Waals surface area contributed by atoms with Gasteiger partial charge in [0.05, 0.1) is 27.7 Å². The van der Waals surface area contributed by atoms with Gasteiger partial charge in [-0.3, -0.25) is 0 Å². The average molecular weight is 226 g/mol. The van der Waals surface area contributed by atoms with Crippen LogP contribution >= 0.6 is 11.8 Å². The molecule has 0 aromatic carbocycles. The minimum atomic E-state index is -0.784. The van der Waals surface area contributed by atoms with Gasteiger partial charge in [-0.15, -0.1) is 0 Å². The topological polar surface area (TPSA) is 12.0 Å². The summed E-state index contributed by atoms with van der Waals surface area (Å²) in [6.07, 6.45) is 0.260. The van der Waals surface area contributed by atoms with Crippen LogP contribution < -0.4 is 4.84 Å². The fourth-order valence-corrected chi connectivity index (χ4v) is 1.30. The normalized spacial score (nSPS) is 15.6. The van der Waals surface area contributed by atoms with Crippen molar-refractivity contribution < 1.29 is 8.87 Å². The molecule has 0 aliphatic carbocycles. The molecule has 1 atom stereocenters. The van der Waals surface area contributed by atoms with Gasteiger partial charge in [0.1, 0.15) is 6.17 Å². The Morgan fingerprint density at radius 3 is 2.21 bits per heavy atom. The van der Waals surface area contributed by atoms with Crippen molar-refractivity contribution in [1.29, 1.82) is 0 Å². The molecular formula is C10H23ClFN2+. The van der Waals surface area contributed by atoms with Gasteiger partial charge in [0, 0.05) is 12.0 Å². The summed E-state index contributed by atoms with van der Waals surface area (Å²) in [4.78, 5) is 2.60. The summed E-state index contributed by atoms with van der Waals surface area (Å²) >= 11 is 5.51. The van der Waals surface area contributed by atoms with E-state index in [2.05, 4.69) is 26.0 Å². The van der Waals surface area contributed by atoms with Crippen LogP contribution in [0.25, 0.3) is 0 Å². The first kappa shape index (κ1) is 14.1. The Hall–Kier alpha value is 0.140. The summed E-state index contributed by atoms with van der Waals surface area (Å²) in [6, 6.07) is 0. The summed E-state index contributed by atoms with van der Waals surface area (Å²) in [7, 11) is 6.20. The second-order valence-corrected chi connectivity index (χ2v) is 5.77. The molecule has 0 bridgehead atoms. The van der Waals surface area contributed by atoms with Crippen molar-refractivity contribution in [1.82, 2.24) is 4.84 Å². The molecule has 0 aliphatic rings. The van der Waals surface area contributed by atoms with E-state index in [0.29, 0.717) is 12.8 Å². The number of hydrogen-bond donors (Lipinski definition) is 1. The van der Waals surface area contributed by atoms with Gasteiger partial charge in [0.15, 0.2) is 0 Å². The Morgan fingerprint density at radius 2 is 1.86 bits per heavy atom. The molecule has 0 spiro atoms. The molecule has 0 aromatic heterocycles. The molecule has 0 rings (SSSR count). The second kappa shape index (κ2) is 5.29. The zero-order chi connectivity index (χ0) is 11.4. The van der Waals surface area contributed by atoms with Gasteiger partial charge in [-0.05, 0) is 32.0 Å². The van der Waals surface area contributed by atoms with Gasteiger partial charge in [0.25, 0.3) is 0 Å². The molecular weight excluding hydrogens is 203 g/mol. The van der Waals surface area contributed by atoms with Crippen molar-refractivity contribution in [2.75, 3.05) is 27.7 Å². The molecule has 0 aliphatic heterocycles. The maximum atomic E-state index is 13.5. The number of nitrogens with zero attached hydrogens (tertiary/aromatic N) is 1. The van der Waals surface area contributed by atoms with E-state index < -0.39 is 6.17 Å². The zero-order valence-electron chi connectivity index (χ0n) is 9.90. The fourth-order valence-electron chi connectivity index (χ4n) is 1.22. The van der Waals surface area contributed by atoms with E-state index in [1.54, 1.807) is 0 Å². The summed E-state index contributed by atoms with van der Waals surface area (Å²) in [5.74, 6) is 0. The standard InChI is InChI=1S/C10H23ClFN2/c1-10(2,13-11)8-9(12)6-7-14(3,4)5/h9,13H,6-8H2,1-5H3/q+1. The maximum absolute atomic E-state index is 13.5. The maximum Gasteiger partial charge on any atom is 0.107 e. The summed E-state index contributed by atoms with van der Waals surface area (Å²) in [5, 5.41) is 0. The van der Waals surface area contributed by atoms with Crippen LogP contribution in [-0.2, 0) is 0 Å². The summed E-state index contributed by atoms with van der Waals surface area (Å²) < 4.78 is 14.3. The minimum absolute atomic E-state index is 0.328. The molecule has 0 heterocycles. The predicted molar refractivity (Wildman–Crippen MR) is 60.1 cm³/mol. The first-order chi connectivity index (χ1) is 6.16. The van der Waals surface area contributed by atoms with Gasteiger partial charge in [-0.25, -0.2) is 9.23 Å². The van der Waals surface area contributed by atoms with E-state index >= 15 is 0 Å². The third kappa shape index (κ3) is 7.54. The van der Waals surface area contributed by atoms with Gasteiger partial charge in [0.2, 0.25) is 0 Å². The predicted octanol–water partition coefficient (Wildman–Crippen LogP) is 2.33. The Morgan fingerprint density at radius 1 is 1.36 bits per heavy atom. The van der Waals surface area contributed by atoms with E-state index in [0.717, 1.165) is 11.0 Å². The minimum Gasteiger partial charge on any atom is -0.331 e. The van der Waals surface area contributed by atoms with Crippen LogP contribution in [0.5, 0.6) is 0 Å². The van der Waals surface area contributed by atoms with E-state index in [4.69, 9.17) is 11.8 Å². The van der Waals surface area contributed by atoms with Crippen molar-refractivity contribution in [3.8, 4) is 0 Å². The van der Waals surface area contributed by atoms with Crippen LogP contribution in [-0.4, -0.2) is 43.9 Å². The van der Waals surface area contributed by atoms with Crippen LogP contribution in [0.4, 0.5) is 4.39 Å². The second-order valence-electron chi connectivity index (χ2n) is 5.58. The molecule has 0 aromatic rings. The monoisotopic (exact) mass is 225 g/mol. The highest BCUT2D eigenvalue weighted by molar-refractivity contribution is 6.13. The molecule has 1 N–H and O–H groups in total. The van der Waals surface area contributed by atoms with E-state index in [1.165, 1.54) is 0 Å². The van der Waals surface area contributed by atoms with Crippen molar-refractivity contribution in [3.05, 3.63) is 0 Å². The first-order valence-electron chi connectivity index (χ1n) is 4.99. The lowest BCUT2D eigenvalue weighted by Crippen LogP contribution is -2.39. The lowest BCUT2D eigenvalue weighted by Gasteiger charge is -2.27. The van der Waals surface area contributed by atoms with Crippen molar-refractivity contribution >= 4 is 11.8 Å². The number of halogens is 2. The van der Waals surface area contributed by atoms with Gasteiger partial charge in [-0.2, -0.15) is 0 Å². The van der Waals surface area contributed by atoms with Crippen molar-refractivity contribution in [3.63, 3.8) is 0 Å². The zero-order valence-corrected chi connectivity index (χ0v) is 10.7. The highest BCUT2D eigenvalue weighted by Gasteiger charge is 2.23. The highest BCUT2D eigenvalue weighted by atomic mass is 35.5. The van der Waals surface area contributed by atoms with Crippen LogP contribution in [0.1, 0.15) is 26.7 Å². The molecule has 4 heteroatoms. The van der Waals surface area contributed by atoms with Gasteiger partial charge >= 0.3 is 0 Å². The molecule has 0 fully saturated rings. The Balaban J connectivity index is 3.82. The molecule has 2 nitrogen and oxygen atoms in total. The number of hydrogen-bond acceptors (Lipinski definition) is 1. The quantitative estimate of drug-likeness (QED) is 0.541. The number of quaternary nitrogens is 1. The molecule has 0 amide bonds. The Kier molecular flexibility index (Phi) is 5.34. The number of alkyl halides is 1. The third-order valence-corrected chi connectivity index (χ3v) is 2.61. The van der Waals surface area contributed by atoms with Crippen LogP contribution in [0, 0.1) is 0 Å². The fraction of sp³-hybridized carbons (Fsp3) is 1.00. The summed E-state index contributed by atoms with van der Waals surface area (Å²) in [6.45, 7) is 4.65. The highest BCUT2D eigenvalue weighted by Crippen LogP contribution is 2.17. The molecule has 86 valence electrons. The average Bonchev–Trinajstić information content (AvgIpc) is 1.99. The van der Waals surface area contributed by atoms with Crippen LogP contribution in [0.3, 0.4) is 0 Å². The van der Waals surface area contributed by atoms with Crippen molar-refractivity contribution in [2.24, 2.45) is 0 Å². The smallest absolute Gasteiger partial charge is 0.107 e. The van der Waals surface area contributed by atoms with E-state index in [1.807, 2.05) is 13.8 Å². The molecule has 0 saturated heterocycles. The SMILES string of the molecule is CC(C)(CC(F)CC[N+](C)(C)C)NCl. The first-order valence-corrected chi connectivity index (χ1v) is 5.36. The Labute approximate surface area is 92.1 Å². The summed E-state index contributed by atoms with van der Waals surface area (Å²) in [5.41, 5.74) is -0.328. The van der Waals surface area contributed by atoms with Crippen molar-refractivity contribution in [2.45, 2.75) is 38.4 Å². The van der Waals surface area contributed by atoms with E-state index in [9.17, 15) is 4.39 Å². The van der Waals surface area contributed by atoms with Gasteiger partial charge in [-0.1, -0.05) is 0 Å². The van der Waals surface area contributed by atoms with Gasteiger partial charge < -0.3 is 4.48 Å². The lowest BCUT2D eigenvalue weighted by atomic mass is 9.97. The lowest BCUT2D eigenvalue weighted by molar-refractivity contribution is -0.870. The Bertz CT molecular complexity index is 166. The largest absolute Gasteiger partial charge is 0.331 e. The van der Waals surface area contributed by atoms with E-state index in [-0.39, 0.29) is 5.54 Å². The molecule has 14 heavy (non-hydrogen) atoms. The number of rotatable bonds is 6. The van der Waals surface area contributed by atoms with Crippen LogP contribution in [0.15, 0.2) is 0 Å². The molecule has 1 unspecified atom stereocenters. The number of nitrogens with one attached hydrogen (secondary N) is 1. The third-order valence-electron chi connectivity index (χ3n) is 2.10.